The average Bonchev–Trinajstić information content (AvgIpc) is 2.19. The van der Waals surface area contributed by atoms with E-state index >= 15 is 0 Å². The lowest BCUT2D eigenvalue weighted by atomic mass is 10.1. The maximum absolute atomic E-state index is 10.3. The minimum atomic E-state index is -0.0686. The first kappa shape index (κ1) is 10.5. The summed E-state index contributed by atoms with van der Waals surface area (Å²) in [5.41, 5.74) is 1.94. The number of rotatable bonds is 3. The third-order valence-electron chi connectivity index (χ3n) is 2.28. The predicted octanol–water partition coefficient (Wildman–Crippen LogP) is 2.55. The van der Waals surface area contributed by atoms with Crippen LogP contribution in [0.5, 0.6) is 5.75 Å². The van der Waals surface area contributed by atoms with Crippen molar-refractivity contribution in [1.29, 1.82) is 0 Å². The molecule has 0 unspecified atom stereocenters. The maximum atomic E-state index is 10.3. The summed E-state index contributed by atoms with van der Waals surface area (Å²) in [5, 5.41) is 12.2. The highest BCUT2D eigenvalue weighted by molar-refractivity contribution is 5.65. The molecule has 0 fully saturated rings. The minimum absolute atomic E-state index is 0.0686. The van der Waals surface area contributed by atoms with Crippen LogP contribution in [-0.2, 0) is 0 Å². The molecule has 0 saturated heterocycles. The molecule has 1 rings (SSSR count). The van der Waals surface area contributed by atoms with Crippen molar-refractivity contribution in [2.75, 3.05) is 18.5 Å². The summed E-state index contributed by atoms with van der Waals surface area (Å²) in [6.07, 6.45) is 0. The summed E-state index contributed by atoms with van der Waals surface area (Å²) in [7, 11) is 1.93. The van der Waals surface area contributed by atoms with E-state index in [0.29, 0.717) is 0 Å². The van der Waals surface area contributed by atoms with Crippen molar-refractivity contribution in [3.63, 3.8) is 0 Å². The number of nitrogens with zero attached hydrogens (tertiary/aromatic N) is 2. The monoisotopic (exact) mass is 194 g/mol. The van der Waals surface area contributed by atoms with Gasteiger partial charge in [-0.3, -0.25) is 0 Å². The highest BCUT2D eigenvalue weighted by Crippen LogP contribution is 2.33. The zero-order valence-electron chi connectivity index (χ0n) is 8.61. The van der Waals surface area contributed by atoms with Gasteiger partial charge in [-0.25, -0.2) is 0 Å². The normalized spacial score (nSPS) is 9.93. The number of phenols is 1. The average molecular weight is 194 g/mol. The molecule has 0 amide bonds. The van der Waals surface area contributed by atoms with E-state index in [1.165, 1.54) is 0 Å². The minimum Gasteiger partial charge on any atom is -0.505 e. The second-order valence-corrected chi connectivity index (χ2v) is 3.23. The SMILES string of the molecule is CCN(C)c1cc(O)c(N=O)cc1C. The van der Waals surface area contributed by atoms with E-state index in [-0.39, 0.29) is 11.4 Å². The van der Waals surface area contributed by atoms with Crippen LogP contribution >= 0.6 is 0 Å². The standard InChI is InChI=1S/C10H14N2O2/c1-4-12(3)9-6-10(13)8(11-14)5-7(9)2/h5-6,13H,4H2,1-3H3. The largest absolute Gasteiger partial charge is 0.505 e. The Labute approximate surface area is 83.1 Å². The maximum Gasteiger partial charge on any atom is 0.150 e. The Morgan fingerprint density at radius 2 is 2.14 bits per heavy atom. The van der Waals surface area contributed by atoms with Gasteiger partial charge in [-0.05, 0) is 30.7 Å². The molecule has 0 aliphatic rings. The number of phenolic OH excluding ortho intramolecular Hbond substituents is 1. The fourth-order valence-electron chi connectivity index (χ4n) is 1.32. The molecular weight excluding hydrogens is 180 g/mol. The first-order valence-corrected chi connectivity index (χ1v) is 4.48. The molecule has 4 nitrogen and oxygen atoms in total. The lowest BCUT2D eigenvalue weighted by Gasteiger charge is -2.19. The van der Waals surface area contributed by atoms with Crippen molar-refractivity contribution in [3.05, 3.63) is 22.6 Å². The summed E-state index contributed by atoms with van der Waals surface area (Å²) < 4.78 is 0. The number of hydrogen-bond donors (Lipinski definition) is 1. The Hall–Kier alpha value is -1.58. The van der Waals surface area contributed by atoms with Gasteiger partial charge < -0.3 is 10.0 Å². The summed E-state index contributed by atoms with van der Waals surface area (Å²) in [4.78, 5) is 12.3. The van der Waals surface area contributed by atoms with Crippen LogP contribution in [0, 0.1) is 11.8 Å². The summed E-state index contributed by atoms with van der Waals surface area (Å²) in [5.74, 6) is -0.0686. The van der Waals surface area contributed by atoms with Crippen molar-refractivity contribution in [2.45, 2.75) is 13.8 Å². The van der Waals surface area contributed by atoms with Gasteiger partial charge in [0.1, 0.15) is 11.4 Å². The van der Waals surface area contributed by atoms with Crippen LogP contribution < -0.4 is 4.90 Å². The molecule has 76 valence electrons. The third kappa shape index (κ3) is 1.84. The zero-order valence-corrected chi connectivity index (χ0v) is 8.61. The molecule has 14 heavy (non-hydrogen) atoms. The zero-order chi connectivity index (χ0) is 10.7. The molecule has 0 aromatic heterocycles. The molecular formula is C10H14N2O2. The van der Waals surface area contributed by atoms with Gasteiger partial charge in [0.05, 0.1) is 0 Å². The van der Waals surface area contributed by atoms with Crippen molar-refractivity contribution < 1.29 is 5.11 Å². The van der Waals surface area contributed by atoms with Gasteiger partial charge >= 0.3 is 0 Å². The smallest absolute Gasteiger partial charge is 0.150 e. The fraction of sp³-hybridized carbons (Fsp3) is 0.400. The lowest BCUT2D eigenvalue weighted by Crippen LogP contribution is -2.16. The van der Waals surface area contributed by atoms with Crippen LogP contribution in [0.2, 0.25) is 0 Å². The number of aryl methyl sites for hydroxylation is 1. The van der Waals surface area contributed by atoms with E-state index in [1.54, 1.807) is 12.1 Å². The Bertz CT molecular complexity index is 350. The second-order valence-electron chi connectivity index (χ2n) is 3.23. The van der Waals surface area contributed by atoms with Gasteiger partial charge in [0.25, 0.3) is 0 Å². The van der Waals surface area contributed by atoms with E-state index in [4.69, 9.17) is 0 Å². The molecule has 1 N–H and O–H groups in total. The van der Waals surface area contributed by atoms with Crippen LogP contribution in [0.4, 0.5) is 11.4 Å². The number of hydrogen-bond acceptors (Lipinski definition) is 4. The first-order chi connectivity index (χ1) is 6.60. The molecule has 0 atom stereocenters. The summed E-state index contributed by atoms with van der Waals surface area (Å²) >= 11 is 0. The van der Waals surface area contributed by atoms with Crippen LogP contribution in [-0.4, -0.2) is 18.7 Å². The van der Waals surface area contributed by atoms with Crippen molar-refractivity contribution in [3.8, 4) is 5.75 Å². The van der Waals surface area contributed by atoms with Gasteiger partial charge in [0.15, 0.2) is 0 Å². The quantitative estimate of drug-likeness (QED) is 0.752. The van der Waals surface area contributed by atoms with Gasteiger partial charge in [0.2, 0.25) is 0 Å². The van der Waals surface area contributed by atoms with Crippen LogP contribution in [0.25, 0.3) is 0 Å². The number of nitroso groups, excluding NO2 is 1. The molecule has 0 heterocycles. The molecule has 1 aromatic rings. The van der Waals surface area contributed by atoms with Crippen molar-refractivity contribution in [2.24, 2.45) is 5.18 Å². The van der Waals surface area contributed by atoms with E-state index in [0.717, 1.165) is 17.8 Å². The Kier molecular flexibility index (Phi) is 3.06. The molecule has 0 radical (unpaired) electrons. The van der Waals surface area contributed by atoms with Crippen LogP contribution in [0.15, 0.2) is 17.3 Å². The van der Waals surface area contributed by atoms with Gasteiger partial charge in [-0.15, -0.1) is 4.91 Å². The highest BCUT2D eigenvalue weighted by atomic mass is 16.3. The molecule has 0 spiro atoms. The lowest BCUT2D eigenvalue weighted by molar-refractivity contribution is 0.476. The van der Waals surface area contributed by atoms with E-state index < -0.39 is 0 Å². The molecule has 0 bridgehead atoms. The highest BCUT2D eigenvalue weighted by Gasteiger charge is 2.09. The second kappa shape index (κ2) is 4.09. The topological polar surface area (TPSA) is 52.9 Å². The number of benzene rings is 1. The van der Waals surface area contributed by atoms with Gasteiger partial charge in [-0.1, -0.05) is 0 Å². The predicted molar refractivity (Wildman–Crippen MR) is 57.2 cm³/mol. The van der Waals surface area contributed by atoms with Crippen LogP contribution in [0.3, 0.4) is 0 Å². The van der Waals surface area contributed by atoms with E-state index in [9.17, 15) is 10.0 Å². The molecule has 0 aliphatic heterocycles. The molecule has 4 heteroatoms. The molecule has 0 aliphatic carbocycles. The fourth-order valence-corrected chi connectivity index (χ4v) is 1.32. The Balaban J connectivity index is 3.21. The number of anilines is 1. The first-order valence-electron chi connectivity index (χ1n) is 4.48. The summed E-state index contributed by atoms with van der Waals surface area (Å²) in [6.45, 7) is 4.74. The van der Waals surface area contributed by atoms with E-state index in [2.05, 4.69) is 5.18 Å². The molecule has 0 saturated carbocycles. The van der Waals surface area contributed by atoms with Crippen molar-refractivity contribution >= 4 is 11.4 Å². The van der Waals surface area contributed by atoms with Gasteiger partial charge in [0, 0.05) is 25.3 Å². The Morgan fingerprint density at radius 3 is 2.64 bits per heavy atom. The van der Waals surface area contributed by atoms with Crippen molar-refractivity contribution in [1.82, 2.24) is 0 Å². The van der Waals surface area contributed by atoms with E-state index in [1.807, 2.05) is 25.8 Å². The van der Waals surface area contributed by atoms with Crippen LogP contribution in [0.1, 0.15) is 12.5 Å². The Morgan fingerprint density at radius 1 is 1.50 bits per heavy atom. The summed E-state index contributed by atoms with van der Waals surface area (Å²) in [6, 6.07) is 3.15. The number of aromatic hydroxyl groups is 1. The van der Waals surface area contributed by atoms with Gasteiger partial charge in [-0.2, -0.15) is 0 Å². The third-order valence-corrected chi connectivity index (χ3v) is 2.28. The molecule has 1 aromatic carbocycles.